The second kappa shape index (κ2) is 5.61. The van der Waals surface area contributed by atoms with Crippen LogP contribution in [0.4, 0.5) is 0 Å². The molecule has 0 atom stereocenters. The van der Waals surface area contributed by atoms with E-state index in [0.29, 0.717) is 0 Å². The molecule has 0 saturated heterocycles. The van der Waals surface area contributed by atoms with Crippen LogP contribution in [0, 0.1) is 0 Å². The van der Waals surface area contributed by atoms with E-state index in [2.05, 4.69) is 24.3 Å². The van der Waals surface area contributed by atoms with Gasteiger partial charge >= 0.3 is 0 Å². The van der Waals surface area contributed by atoms with Crippen molar-refractivity contribution in [1.29, 1.82) is 0 Å². The van der Waals surface area contributed by atoms with E-state index in [0.717, 1.165) is 18.4 Å². The standard InChI is InChI=1S/C11H12O.C2H6/c12-8-9-5-6-10-3-1-2-4-11(10)7-9;1-2/h1,3,5-7,12H,2,4,8H2;1-2H3. The molecular weight excluding hydrogens is 172 g/mol. The van der Waals surface area contributed by atoms with Gasteiger partial charge in [-0.05, 0) is 29.5 Å². The Morgan fingerprint density at radius 1 is 1.29 bits per heavy atom. The maximum Gasteiger partial charge on any atom is 0.0681 e. The Kier molecular flexibility index (Phi) is 4.41. The van der Waals surface area contributed by atoms with E-state index in [9.17, 15) is 0 Å². The summed E-state index contributed by atoms with van der Waals surface area (Å²) in [5.41, 5.74) is 3.69. The van der Waals surface area contributed by atoms with Gasteiger partial charge < -0.3 is 5.11 Å². The number of aryl methyl sites for hydroxylation is 1. The fourth-order valence-electron chi connectivity index (χ4n) is 1.59. The summed E-state index contributed by atoms with van der Waals surface area (Å²) in [6, 6.07) is 6.16. The quantitative estimate of drug-likeness (QED) is 0.721. The summed E-state index contributed by atoms with van der Waals surface area (Å²) in [4.78, 5) is 0. The van der Waals surface area contributed by atoms with Crippen LogP contribution >= 0.6 is 0 Å². The second-order valence-electron chi connectivity index (χ2n) is 3.13. The van der Waals surface area contributed by atoms with E-state index in [1.807, 2.05) is 19.9 Å². The van der Waals surface area contributed by atoms with Crippen LogP contribution in [-0.4, -0.2) is 5.11 Å². The van der Waals surface area contributed by atoms with Crippen molar-refractivity contribution in [3.05, 3.63) is 41.0 Å². The molecule has 0 unspecified atom stereocenters. The van der Waals surface area contributed by atoms with Gasteiger partial charge in [0.1, 0.15) is 0 Å². The van der Waals surface area contributed by atoms with Crippen LogP contribution in [0.25, 0.3) is 6.08 Å². The van der Waals surface area contributed by atoms with Crippen LogP contribution in [0.2, 0.25) is 0 Å². The van der Waals surface area contributed by atoms with Crippen molar-refractivity contribution in [2.24, 2.45) is 0 Å². The minimum atomic E-state index is 0.150. The second-order valence-corrected chi connectivity index (χ2v) is 3.13. The van der Waals surface area contributed by atoms with Gasteiger partial charge in [0, 0.05) is 0 Å². The van der Waals surface area contributed by atoms with Crippen molar-refractivity contribution in [1.82, 2.24) is 0 Å². The van der Waals surface area contributed by atoms with E-state index in [1.54, 1.807) is 0 Å². The molecule has 0 aliphatic heterocycles. The highest BCUT2D eigenvalue weighted by atomic mass is 16.3. The highest BCUT2D eigenvalue weighted by molar-refractivity contribution is 5.56. The molecule has 1 nitrogen and oxygen atoms in total. The number of hydrogen-bond donors (Lipinski definition) is 1. The van der Waals surface area contributed by atoms with Crippen molar-refractivity contribution in [3.8, 4) is 0 Å². The van der Waals surface area contributed by atoms with Crippen molar-refractivity contribution < 1.29 is 5.11 Å². The van der Waals surface area contributed by atoms with Crippen molar-refractivity contribution in [2.45, 2.75) is 33.3 Å². The van der Waals surface area contributed by atoms with E-state index in [-0.39, 0.29) is 6.61 Å². The first kappa shape index (κ1) is 11.0. The first-order valence-corrected chi connectivity index (χ1v) is 5.29. The Morgan fingerprint density at radius 2 is 2.07 bits per heavy atom. The Hall–Kier alpha value is -1.08. The van der Waals surface area contributed by atoms with Crippen LogP contribution < -0.4 is 0 Å². The molecule has 1 aliphatic carbocycles. The topological polar surface area (TPSA) is 20.2 Å². The summed E-state index contributed by atoms with van der Waals surface area (Å²) in [6.07, 6.45) is 6.59. The summed E-state index contributed by atoms with van der Waals surface area (Å²) in [6.45, 7) is 4.15. The third-order valence-corrected chi connectivity index (χ3v) is 2.27. The van der Waals surface area contributed by atoms with Gasteiger partial charge in [0.05, 0.1) is 6.61 Å². The SMILES string of the molecule is CC.OCc1ccc2c(c1)CCC=C2. The normalized spacial score (nSPS) is 12.8. The lowest BCUT2D eigenvalue weighted by atomic mass is 9.96. The highest BCUT2D eigenvalue weighted by Gasteiger charge is 2.03. The Labute approximate surface area is 86.1 Å². The molecule has 0 spiro atoms. The molecule has 0 amide bonds. The number of hydrogen-bond acceptors (Lipinski definition) is 1. The molecule has 0 saturated carbocycles. The molecule has 1 N–H and O–H groups in total. The number of allylic oxidation sites excluding steroid dienone is 1. The zero-order valence-electron chi connectivity index (χ0n) is 8.96. The first-order chi connectivity index (χ1) is 6.90. The average molecular weight is 190 g/mol. The van der Waals surface area contributed by atoms with Crippen molar-refractivity contribution in [2.75, 3.05) is 0 Å². The third-order valence-electron chi connectivity index (χ3n) is 2.27. The summed E-state index contributed by atoms with van der Waals surface area (Å²) < 4.78 is 0. The van der Waals surface area contributed by atoms with Crippen molar-refractivity contribution in [3.63, 3.8) is 0 Å². The summed E-state index contributed by atoms with van der Waals surface area (Å²) in [7, 11) is 0. The molecule has 0 heterocycles. The molecule has 0 bridgehead atoms. The van der Waals surface area contributed by atoms with Gasteiger partial charge in [0.2, 0.25) is 0 Å². The lowest BCUT2D eigenvalue weighted by Gasteiger charge is -2.10. The monoisotopic (exact) mass is 190 g/mol. The summed E-state index contributed by atoms with van der Waals surface area (Å²) in [5, 5.41) is 8.92. The van der Waals surface area contributed by atoms with Gasteiger partial charge in [-0.3, -0.25) is 0 Å². The molecule has 1 aliphatic rings. The fourth-order valence-corrected chi connectivity index (χ4v) is 1.59. The maximum atomic E-state index is 8.92. The van der Waals surface area contributed by atoms with Crippen LogP contribution in [0.1, 0.15) is 37.0 Å². The minimum Gasteiger partial charge on any atom is -0.392 e. The molecule has 1 aromatic carbocycles. The van der Waals surface area contributed by atoms with Gasteiger partial charge in [-0.25, -0.2) is 0 Å². The molecule has 14 heavy (non-hydrogen) atoms. The predicted octanol–water partition coefficient (Wildman–Crippen LogP) is 3.16. The Bertz CT molecular complexity index is 313. The number of benzene rings is 1. The lowest BCUT2D eigenvalue weighted by Crippen LogP contribution is -1.95. The zero-order valence-corrected chi connectivity index (χ0v) is 8.96. The lowest BCUT2D eigenvalue weighted by molar-refractivity contribution is 0.281. The van der Waals surface area contributed by atoms with Gasteiger partial charge in [-0.15, -0.1) is 0 Å². The number of fused-ring (bicyclic) bond motifs is 1. The highest BCUT2D eigenvalue weighted by Crippen LogP contribution is 2.20. The molecule has 76 valence electrons. The summed E-state index contributed by atoms with van der Waals surface area (Å²) in [5.74, 6) is 0. The molecule has 0 radical (unpaired) electrons. The van der Waals surface area contributed by atoms with Crippen LogP contribution in [0.5, 0.6) is 0 Å². The molecule has 0 aromatic heterocycles. The van der Waals surface area contributed by atoms with Crippen molar-refractivity contribution >= 4 is 6.08 Å². The van der Waals surface area contributed by atoms with E-state index >= 15 is 0 Å². The first-order valence-electron chi connectivity index (χ1n) is 5.29. The smallest absolute Gasteiger partial charge is 0.0681 e. The van der Waals surface area contributed by atoms with E-state index in [4.69, 9.17) is 5.11 Å². The van der Waals surface area contributed by atoms with Crippen LogP contribution in [-0.2, 0) is 13.0 Å². The molecule has 1 aromatic rings. The fraction of sp³-hybridized carbons (Fsp3) is 0.385. The third kappa shape index (κ3) is 2.46. The minimum absolute atomic E-state index is 0.150. The summed E-state index contributed by atoms with van der Waals surface area (Å²) >= 11 is 0. The molecule has 2 rings (SSSR count). The number of rotatable bonds is 1. The van der Waals surface area contributed by atoms with Gasteiger partial charge in [-0.2, -0.15) is 0 Å². The molecular formula is C13H18O. The Balaban J connectivity index is 0.000000461. The van der Waals surface area contributed by atoms with E-state index in [1.165, 1.54) is 11.1 Å². The maximum absolute atomic E-state index is 8.92. The van der Waals surface area contributed by atoms with Crippen LogP contribution in [0.15, 0.2) is 24.3 Å². The van der Waals surface area contributed by atoms with E-state index < -0.39 is 0 Å². The zero-order chi connectivity index (χ0) is 10.4. The van der Waals surface area contributed by atoms with Gasteiger partial charge in [0.15, 0.2) is 0 Å². The van der Waals surface area contributed by atoms with Gasteiger partial charge in [-0.1, -0.05) is 44.2 Å². The van der Waals surface area contributed by atoms with Crippen LogP contribution in [0.3, 0.4) is 0 Å². The Morgan fingerprint density at radius 3 is 2.79 bits per heavy atom. The van der Waals surface area contributed by atoms with Gasteiger partial charge in [0.25, 0.3) is 0 Å². The predicted molar refractivity (Wildman–Crippen MR) is 61.1 cm³/mol. The number of aliphatic hydroxyl groups is 1. The number of aliphatic hydroxyl groups excluding tert-OH is 1. The average Bonchev–Trinajstić information content (AvgIpc) is 2.31. The molecule has 1 heteroatoms. The molecule has 0 fully saturated rings. The largest absolute Gasteiger partial charge is 0.392 e.